The molecule has 0 spiro atoms. The van der Waals surface area contributed by atoms with E-state index >= 15 is 0 Å². The number of piperidine rings is 1. The summed E-state index contributed by atoms with van der Waals surface area (Å²) < 4.78 is 0. The molecule has 19 heavy (non-hydrogen) atoms. The Labute approximate surface area is 121 Å². The van der Waals surface area contributed by atoms with E-state index in [4.69, 9.17) is 4.98 Å². The van der Waals surface area contributed by atoms with Crippen molar-refractivity contribution in [1.82, 2.24) is 10.3 Å². The summed E-state index contributed by atoms with van der Waals surface area (Å²) in [6.45, 7) is 9.48. The Morgan fingerprint density at radius 3 is 2.79 bits per heavy atom. The lowest BCUT2D eigenvalue weighted by atomic mass is 9.73. The van der Waals surface area contributed by atoms with Crippen LogP contribution in [0.5, 0.6) is 0 Å². The maximum Gasteiger partial charge on any atom is 0.0974 e. The average Bonchev–Trinajstić information content (AvgIpc) is 2.81. The molecular weight excluding hydrogens is 252 g/mol. The molecule has 0 radical (unpaired) electrons. The topological polar surface area (TPSA) is 24.9 Å². The Morgan fingerprint density at radius 1 is 1.26 bits per heavy atom. The Balaban J connectivity index is 1.77. The van der Waals surface area contributed by atoms with Crippen LogP contribution < -0.4 is 5.32 Å². The summed E-state index contributed by atoms with van der Waals surface area (Å²) in [4.78, 5) is 6.56. The van der Waals surface area contributed by atoms with Crippen molar-refractivity contribution >= 4 is 11.3 Å². The van der Waals surface area contributed by atoms with Crippen LogP contribution in [-0.2, 0) is 12.8 Å². The molecule has 1 aromatic heterocycles. The molecule has 1 N–H and O–H groups in total. The largest absolute Gasteiger partial charge is 0.316 e. The molecule has 3 heteroatoms. The molecule has 0 bridgehead atoms. The Hall–Kier alpha value is -0.410. The third kappa shape index (κ3) is 2.87. The number of fused-ring (bicyclic) bond motifs is 1. The zero-order valence-electron chi connectivity index (χ0n) is 12.5. The molecule has 2 heterocycles. The quantitative estimate of drug-likeness (QED) is 0.846. The fourth-order valence-corrected chi connectivity index (χ4v) is 4.70. The van der Waals surface area contributed by atoms with Gasteiger partial charge < -0.3 is 5.32 Å². The summed E-state index contributed by atoms with van der Waals surface area (Å²) >= 11 is 2.01. The predicted octanol–water partition coefficient (Wildman–Crippen LogP) is 3.76. The predicted molar refractivity (Wildman–Crippen MR) is 81.9 cm³/mol. The lowest BCUT2D eigenvalue weighted by molar-refractivity contribution is 0.217. The number of aryl methyl sites for hydroxylation is 1. The zero-order chi connectivity index (χ0) is 13.5. The van der Waals surface area contributed by atoms with E-state index in [1.54, 1.807) is 4.88 Å². The SMILES string of the molecule is CC(C)(C)C1CCc2nc(C3CCCNC3)sc2C1. The third-order valence-corrected chi connectivity index (χ3v) is 6.11. The lowest BCUT2D eigenvalue weighted by Crippen LogP contribution is -2.28. The number of hydrogen-bond acceptors (Lipinski definition) is 3. The molecule has 0 aromatic carbocycles. The van der Waals surface area contributed by atoms with Crippen molar-refractivity contribution in [3.8, 4) is 0 Å². The lowest BCUT2D eigenvalue weighted by Gasteiger charge is -2.33. The third-order valence-electron chi connectivity index (χ3n) is 4.83. The van der Waals surface area contributed by atoms with Crippen LogP contribution in [0.4, 0.5) is 0 Å². The molecule has 2 aliphatic rings. The Morgan fingerprint density at radius 2 is 2.11 bits per heavy atom. The van der Waals surface area contributed by atoms with Crippen molar-refractivity contribution in [3.63, 3.8) is 0 Å². The highest BCUT2D eigenvalue weighted by atomic mass is 32.1. The van der Waals surface area contributed by atoms with Crippen molar-refractivity contribution in [2.45, 2.75) is 58.8 Å². The van der Waals surface area contributed by atoms with Gasteiger partial charge in [0.1, 0.15) is 0 Å². The van der Waals surface area contributed by atoms with Gasteiger partial charge in [0.2, 0.25) is 0 Å². The van der Waals surface area contributed by atoms with Crippen LogP contribution in [0.25, 0.3) is 0 Å². The van der Waals surface area contributed by atoms with Gasteiger partial charge in [0, 0.05) is 17.3 Å². The molecule has 0 saturated carbocycles. The van der Waals surface area contributed by atoms with Gasteiger partial charge in [0.15, 0.2) is 0 Å². The molecule has 1 aromatic rings. The first-order chi connectivity index (χ1) is 9.04. The zero-order valence-corrected chi connectivity index (χ0v) is 13.3. The summed E-state index contributed by atoms with van der Waals surface area (Å²) in [5, 5.41) is 4.92. The monoisotopic (exact) mass is 278 g/mol. The van der Waals surface area contributed by atoms with Crippen molar-refractivity contribution in [3.05, 3.63) is 15.6 Å². The Kier molecular flexibility index (Phi) is 3.69. The second kappa shape index (κ2) is 5.17. The molecule has 2 unspecified atom stereocenters. The minimum atomic E-state index is 0.439. The molecule has 3 rings (SSSR count). The maximum absolute atomic E-state index is 4.97. The number of aromatic nitrogens is 1. The van der Waals surface area contributed by atoms with Crippen LogP contribution in [0.15, 0.2) is 0 Å². The van der Waals surface area contributed by atoms with Crippen LogP contribution >= 0.6 is 11.3 Å². The van der Waals surface area contributed by atoms with Gasteiger partial charge in [0.25, 0.3) is 0 Å². The number of hydrogen-bond donors (Lipinski definition) is 1. The van der Waals surface area contributed by atoms with Gasteiger partial charge in [-0.1, -0.05) is 20.8 Å². The van der Waals surface area contributed by atoms with Crippen LogP contribution in [0, 0.1) is 11.3 Å². The van der Waals surface area contributed by atoms with Gasteiger partial charge >= 0.3 is 0 Å². The number of thiazole rings is 1. The molecule has 1 saturated heterocycles. The summed E-state index contributed by atoms with van der Waals surface area (Å²) in [6, 6.07) is 0. The van der Waals surface area contributed by atoms with E-state index in [1.165, 1.54) is 49.4 Å². The van der Waals surface area contributed by atoms with Crippen molar-refractivity contribution < 1.29 is 0 Å². The maximum atomic E-state index is 4.97. The second-order valence-electron chi connectivity index (χ2n) is 7.27. The highest BCUT2D eigenvalue weighted by Gasteiger charge is 2.31. The summed E-state index contributed by atoms with van der Waals surface area (Å²) in [5.74, 6) is 1.51. The van der Waals surface area contributed by atoms with E-state index < -0.39 is 0 Å². The second-order valence-corrected chi connectivity index (χ2v) is 8.39. The molecule has 0 amide bonds. The fourth-order valence-electron chi connectivity index (χ4n) is 3.37. The highest BCUT2D eigenvalue weighted by molar-refractivity contribution is 7.11. The molecule has 1 fully saturated rings. The summed E-state index contributed by atoms with van der Waals surface area (Å²) in [6.07, 6.45) is 6.41. The minimum absolute atomic E-state index is 0.439. The van der Waals surface area contributed by atoms with Crippen LogP contribution in [0.1, 0.15) is 61.5 Å². The van der Waals surface area contributed by atoms with Gasteiger partial charge in [-0.2, -0.15) is 0 Å². The average molecular weight is 278 g/mol. The first kappa shape index (κ1) is 13.6. The van der Waals surface area contributed by atoms with Gasteiger partial charge in [-0.05, 0) is 50.0 Å². The van der Waals surface area contributed by atoms with Crippen LogP contribution in [0.3, 0.4) is 0 Å². The summed E-state index contributed by atoms with van der Waals surface area (Å²) in [5.41, 5.74) is 1.86. The first-order valence-corrected chi connectivity index (χ1v) is 8.55. The number of nitrogens with one attached hydrogen (secondary N) is 1. The van der Waals surface area contributed by atoms with Gasteiger partial charge in [-0.3, -0.25) is 0 Å². The van der Waals surface area contributed by atoms with E-state index in [0.29, 0.717) is 11.3 Å². The molecule has 106 valence electrons. The Bertz CT molecular complexity index is 438. The molecule has 1 aliphatic heterocycles. The first-order valence-electron chi connectivity index (χ1n) is 7.73. The van der Waals surface area contributed by atoms with E-state index in [0.717, 1.165) is 12.5 Å². The van der Waals surface area contributed by atoms with Crippen molar-refractivity contribution in [2.75, 3.05) is 13.1 Å². The van der Waals surface area contributed by atoms with E-state index in [9.17, 15) is 0 Å². The van der Waals surface area contributed by atoms with Crippen LogP contribution in [0.2, 0.25) is 0 Å². The minimum Gasteiger partial charge on any atom is -0.316 e. The van der Waals surface area contributed by atoms with E-state index in [1.807, 2.05) is 11.3 Å². The van der Waals surface area contributed by atoms with Gasteiger partial charge in [-0.25, -0.2) is 4.98 Å². The number of rotatable bonds is 1. The fraction of sp³-hybridized carbons (Fsp3) is 0.812. The molecule has 1 aliphatic carbocycles. The smallest absolute Gasteiger partial charge is 0.0974 e. The van der Waals surface area contributed by atoms with Crippen molar-refractivity contribution in [2.24, 2.45) is 11.3 Å². The molecule has 2 nitrogen and oxygen atoms in total. The highest BCUT2D eigenvalue weighted by Crippen LogP contribution is 2.40. The van der Waals surface area contributed by atoms with Gasteiger partial charge in [0.05, 0.1) is 10.7 Å². The van der Waals surface area contributed by atoms with Crippen molar-refractivity contribution in [1.29, 1.82) is 0 Å². The number of nitrogens with zero attached hydrogens (tertiary/aromatic N) is 1. The summed E-state index contributed by atoms with van der Waals surface area (Å²) in [7, 11) is 0. The normalized spacial score (nSPS) is 28.2. The standard InChI is InChI=1S/C16H26N2S/c1-16(2,3)12-6-7-13-14(9-12)19-15(18-13)11-5-4-8-17-10-11/h11-12,17H,4-10H2,1-3H3. The molecule has 2 atom stereocenters. The van der Waals surface area contributed by atoms with Gasteiger partial charge in [-0.15, -0.1) is 11.3 Å². The van der Waals surface area contributed by atoms with E-state index in [-0.39, 0.29) is 0 Å². The van der Waals surface area contributed by atoms with Crippen LogP contribution in [-0.4, -0.2) is 18.1 Å². The van der Waals surface area contributed by atoms with E-state index in [2.05, 4.69) is 26.1 Å². The molecular formula is C16H26N2S.